The fourth-order valence-electron chi connectivity index (χ4n) is 2.44. The molecule has 0 radical (unpaired) electrons. The maximum Gasteiger partial charge on any atom is 0.304 e. The lowest BCUT2D eigenvalue weighted by atomic mass is 9.75. The zero-order chi connectivity index (χ0) is 12.0. The standard InChI is InChI=1S/C14H18O2/c1-4-11-14(5-2,16-12(3)15)13-9-7-6-8-10-13/h1-2,13H,6-11H2,3H3. The Balaban J connectivity index is 2.87. The zero-order valence-corrected chi connectivity index (χ0v) is 9.79. The largest absolute Gasteiger partial charge is 0.445 e. The molecule has 1 aliphatic rings. The van der Waals surface area contributed by atoms with Crippen LogP contribution in [0.5, 0.6) is 0 Å². The van der Waals surface area contributed by atoms with Gasteiger partial charge in [-0.3, -0.25) is 4.79 Å². The van der Waals surface area contributed by atoms with Crippen molar-refractivity contribution in [3.63, 3.8) is 0 Å². The van der Waals surface area contributed by atoms with E-state index in [1.807, 2.05) is 0 Å². The molecule has 0 saturated heterocycles. The second-order valence-corrected chi connectivity index (χ2v) is 4.34. The lowest BCUT2D eigenvalue weighted by Gasteiger charge is -2.36. The molecule has 0 bridgehead atoms. The molecule has 1 saturated carbocycles. The third-order valence-electron chi connectivity index (χ3n) is 3.20. The number of esters is 1. The Hall–Kier alpha value is -1.41. The van der Waals surface area contributed by atoms with Crippen molar-refractivity contribution in [2.75, 3.05) is 0 Å². The van der Waals surface area contributed by atoms with E-state index in [2.05, 4.69) is 11.8 Å². The van der Waals surface area contributed by atoms with Gasteiger partial charge >= 0.3 is 5.97 Å². The first-order valence-electron chi connectivity index (χ1n) is 5.75. The van der Waals surface area contributed by atoms with Crippen LogP contribution in [0.4, 0.5) is 0 Å². The van der Waals surface area contributed by atoms with Crippen LogP contribution in [0.25, 0.3) is 0 Å². The van der Waals surface area contributed by atoms with Crippen LogP contribution in [0.15, 0.2) is 0 Å². The van der Waals surface area contributed by atoms with Crippen LogP contribution in [-0.2, 0) is 9.53 Å². The molecule has 0 spiro atoms. The summed E-state index contributed by atoms with van der Waals surface area (Å²) in [6.07, 6.45) is 16.7. The summed E-state index contributed by atoms with van der Waals surface area (Å²) in [6.45, 7) is 1.38. The average Bonchev–Trinajstić information content (AvgIpc) is 2.29. The highest BCUT2D eigenvalue weighted by molar-refractivity contribution is 5.67. The van der Waals surface area contributed by atoms with Gasteiger partial charge in [0.1, 0.15) is 0 Å². The molecule has 1 fully saturated rings. The van der Waals surface area contributed by atoms with E-state index in [1.165, 1.54) is 13.3 Å². The van der Waals surface area contributed by atoms with Gasteiger partial charge in [-0.1, -0.05) is 25.2 Å². The summed E-state index contributed by atoms with van der Waals surface area (Å²) in [6, 6.07) is 0. The Kier molecular flexibility index (Phi) is 4.44. The summed E-state index contributed by atoms with van der Waals surface area (Å²) < 4.78 is 5.35. The van der Waals surface area contributed by atoms with E-state index in [0.717, 1.165) is 25.7 Å². The Morgan fingerprint density at radius 3 is 2.44 bits per heavy atom. The Morgan fingerprint density at radius 1 is 1.38 bits per heavy atom. The summed E-state index contributed by atoms with van der Waals surface area (Å²) in [5, 5.41) is 0. The second-order valence-electron chi connectivity index (χ2n) is 4.34. The highest BCUT2D eigenvalue weighted by Crippen LogP contribution is 2.37. The maximum absolute atomic E-state index is 11.1. The van der Waals surface area contributed by atoms with Crippen LogP contribution < -0.4 is 0 Å². The van der Waals surface area contributed by atoms with Crippen LogP contribution in [0.2, 0.25) is 0 Å². The third-order valence-corrected chi connectivity index (χ3v) is 3.20. The molecule has 2 heteroatoms. The molecule has 0 aromatic carbocycles. The van der Waals surface area contributed by atoms with E-state index < -0.39 is 5.60 Å². The molecular weight excluding hydrogens is 200 g/mol. The molecule has 1 aliphatic carbocycles. The van der Waals surface area contributed by atoms with Crippen molar-refractivity contribution in [2.24, 2.45) is 5.92 Å². The van der Waals surface area contributed by atoms with E-state index in [0.29, 0.717) is 6.42 Å². The average molecular weight is 218 g/mol. The molecule has 0 heterocycles. The lowest BCUT2D eigenvalue weighted by Crippen LogP contribution is -2.41. The predicted molar refractivity (Wildman–Crippen MR) is 63.4 cm³/mol. The quantitative estimate of drug-likeness (QED) is 0.537. The van der Waals surface area contributed by atoms with Gasteiger partial charge in [0.25, 0.3) is 0 Å². The van der Waals surface area contributed by atoms with Crippen molar-refractivity contribution in [1.29, 1.82) is 0 Å². The normalized spacial score (nSPS) is 20.2. The van der Waals surface area contributed by atoms with Crippen LogP contribution in [0.1, 0.15) is 45.4 Å². The van der Waals surface area contributed by atoms with Crippen LogP contribution in [0, 0.1) is 30.6 Å². The van der Waals surface area contributed by atoms with Gasteiger partial charge in [0.05, 0.1) is 6.42 Å². The Labute approximate surface area is 97.8 Å². The number of ether oxygens (including phenoxy) is 1. The topological polar surface area (TPSA) is 26.3 Å². The molecule has 1 unspecified atom stereocenters. The Morgan fingerprint density at radius 2 is 2.00 bits per heavy atom. The molecule has 2 nitrogen and oxygen atoms in total. The summed E-state index contributed by atoms with van der Waals surface area (Å²) in [5.41, 5.74) is -0.874. The van der Waals surface area contributed by atoms with Crippen molar-refractivity contribution in [3.8, 4) is 24.7 Å². The number of hydrogen-bond donors (Lipinski definition) is 0. The summed E-state index contributed by atoms with van der Waals surface area (Å²) in [7, 11) is 0. The van der Waals surface area contributed by atoms with Crippen molar-refractivity contribution >= 4 is 5.97 Å². The van der Waals surface area contributed by atoms with Crippen LogP contribution >= 0.6 is 0 Å². The minimum Gasteiger partial charge on any atom is -0.445 e. The first-order valence-corrected chi connectivity index (χ1v) is 5.75. The van der Waals surface area contributed by atoms with Crippen molar-refractivity contribution in [1.82, 2.24) is 0 Å². The molecular formula is C14H18O2. The number of hydrogen-bond acceptors (Lipinski definition) is 2. The SMILES string of the molecule is C#CCC(C#C)(OC(C)=O)C1CCCCC1. The molecule has 0 aromatic heterocycles. The van der Waals surface area contributed by atoms with Gasteiger partial charge < -0.3 is 4.74 Å². The van der Waals surface area contributed by atoms with E-state index in [1.54, 1.807) is 0 Å². The van der Waals surface area contributed by atoms with Gasteiger partial charge in [-0.2, -0.15) is 0 Å². The van der Waals surface area contributed by atoms with Gasteiger partial charge in [-0.15, -0.1) is 18.8 Å². The molecule has 0 aromatic rings. The van der Waals surface area contributed by atoms with Crippen molar-refractivity contribution < 1.29 is 9.53 Å². The molecule has 0 aliphatic heterocycles. The monoisotopic (exact) mass is 218 g/mol. The number of carbonyl (C=O) groups is 1. The van der Waals surface area contributed by atoms with Gasteiger partial charge in [0.15, 0.2) is 5.60 Å². The number of terminal acetylenes is 2. The third kappa shape index (κ3) is 2.80. The first kappa shape index (κ1) is 12.7. The van der Waals surface area contributed by atoms with E-state index in [-0.39, 0.29) is 11.9 Å². The highest BCUT2D eigenvalue weighted by Gasteiger charge is 2.40. The van der Waals surface area contributed by atoms with Crippen LogP contribution in [-0.4, -0.2) is 11.6 Å². The molecule has 1 atom stereocenters. The van der Waals surface area contributed by atoms with Gasteiger partial charge in [0, 0.05) is 12.8 Å². The van der Waals surface area contributed by atoms with Crippen LogP contribution in [0.3, 0.4) is 0 Å². The van der Waals surface area contributed by atoms with Gasteiger partial charge in [-0.25, -0.2) is 0 Å². The van der Waals surface area contributed by atoms with E-state index in [9.17, 15) is 4.79 Å². The van der Waals surface area contributed by atoms with E-state index in [4.69, 9.17) is 17.6 Å². The number of carbonyl (C=O) groups excluding carboxylic acids is 1. The van der Waals surface area contributed by atoms with Gasteiger partial charge in [0.2, 0.25) is 0 Å². The van der Waals surface area contributed by atoms with E-state index >= 15 is 0 Å². The number of rotatable bonds is 3. The summed E-state index contributed by atoms with van der Waals surface area (Å²) in [4.78, 5) is 11.1. The molecule has 0 amide bonds. The molecule has 16 heavy (non-hydrogen) atoms. The van der Waals surface area contributed by atoms with Crippen molar-refractivity contribution in [2.45, 2.75) is 51.0 Å². The smallest absolute Gasteiger partial charge is 0.304 e. The molecule has 1 rings (SSSR count). The first-order chi connectivity index (χ1) is 7.64. The van der Waals surface area contributed by atoms with Gasteiger partial charge in [-0.05, 0) is 12.8 Å². The van der Waals surface area contributed by atoms with Crippen molar-refractivity contribution in [3.05, 3.63) is 0 Å². The fraction of sp³-hybridized carbons (Fsp3) is 0.643. The zero-order valence-electron chi connectivity index (χ0n) is 9.79. The fourth-order valence-corrected chi connectivity index (χ4v) is 2.44. The maximum atomic E-state index is 11.1. The minimum atomic E-state index is -0.874. The summed E-state index contributed by atoms with van der Waals surface area (Å²) in [5.74, 6) is 5.04. The molecule has 0 N–H and O–H groups in total. The highest BCUT2D eigenvalue weighted by atomic mass is 16.6. The Bertz CT molecular complexity index is 326. The lowest BCUT2D eigenvalue weighted by molar-refractivity contribution is -0.156. The minimum absolute atomic E-state index is 0.214. The molecule has 86 valence electrons. The second kappa shape index (κ2) is 5.61. The predicted octanol–water partition coefficient (Wildman–Crippen LogP) is 2.53. The summed E-state index contributed by atoms with van der Waals surface area (Å²) >= 11 is 0.